The topological polar surface area (TPSA) is 62.2 Å². The van der Waals surface area contributed by atoms with Crippen LogP contribution >= 0.6 is 0 Å². The van der Waals surface area contributed by atoms with E-state index in [-0.39, 0.29) is 35.2 Å². The van der Waals surface area contributed by atoms with E-state index in [1.54, 1.807) is 32.4 Å². The fourth-order valence-electron chi connectivity index (χ4n) is 5.34. The second-order valence-corrected chi connectivity index (χ2v) is 10.5. The van der Waals surface area contributed by atoms with Crippen LogP contribution in [-0.2, 0) is 6.54 Å². The number of ether oxygens (including phenoxy) is 2. The number of rotatable bonds is 10. The van der Waals surface area contributed by atoms with E-state index in [0.29, 0.717) is 30.9 Å². The van der Waals surface area contributed by atoms with Crippen molar-refractivity contribution >= 4 is 5.91 Å². The third-order valence-electron chi connectivity index (χ3n) is 7.11. The van der Waals surface area contributed by atoms with Gasteiger partial charge in [0.05, 0.1) is 14.2 Å². The van der Waals surface area contributed by atoms with Crippen molar-refractivity contribution in [2.75, 3.05) is 40.4 Å². The van der Waals surface area contributed by atoms with Crippen LogP contribution in [0.5, 0.6) is 17.2 Å². The number of hydrogen-bond donors (Lipinski definition) is 1. The maximum absolute atomic E-state index is 13.5. The molecule has 1 amide bonds. The van der Waals surface area contributed by atoms with Crippen molar-refractivity contribution < 1.29 is 23.8 Å². The first-order valence-electron chi connectivity index (χ1n) is 13.0. The van der Waals surface area contributed by atoms with Gasteiger partial charge in [-0.15, -0.1) is 0 Å². The zero-order valence-corrected chi connectivity index (χ0v) is 22.6. The molecule has 1 aliphatic heterocycles. The van der Waals surface area contributed by atoms with Gasteiger partial charge in [0.15, 0.2) is 11.5 Å². The Bertz CT molecular complexity index is 1230. The SMILES string of the molecule is COc1cccc(C2CN(Cc3ccc(O)c(OC)c3)CC2CN(CC(C)C)C(=O)c2ccc(F)cc2)c1. The fourth-order valence-corrected chi connectivity index (χ4v) is 5.34. The summed E-state index contributed by atoms with van der Waals surface area (Å²) in [5.74, 6) is 1.62. The molecular weight excluding hydrogens is 483 g/mol. The smallest absolute Gasteiger partial charge is 0.253 e. The molecule has 0 radical (unpaired) electrons. The van der Waals surface area contributed by atoms with Crippen LogP contribution in [0.25, 0.3) is 0 Å². The summed E-state index contributed by atoms with van der Waals surface area (Å²) in [5.41, 5.74) is 2.72. The number of benzene rings is 3. The van der Waals surface area contributed by atoms with Crippen LogP contribution in [0.3, 0.4) is 0 Å². The number of nitrogens with zero attached hydrogens (tertiary/aromatic N) is 2. The Morgan fingerprint density at radius 3 is 2.50 bits per heavy atom. The van der Waals surface area contributed by atoms with Gasteiger partial charge in [0.25, 0.3) is 5.91 Å². The van der Waals surface area contributed by atoms with Gasteiger partial charge in [-0.05, 0) is 71.5 Å². The van der Waals surface area contributed by atoms with Gasteiger partial charge in [-0.25, -0.2) is 4.39 Å². The Kier molecular flexibility index (Phi) is 8.89. The van der Waals surface area contributed by atoms with Crippen LogP contribution < -0.4 is 9.47 Å². The van der Waals surface area contributed by atoms with Crippen molar-refractivity contribution in [3.63, 3.8) is 0 Å². The number of carbonyl (C=O) groups excluding carboxylic acids is 1. The van der Waals surface area contributed by atoms with Crippen LogP contribution in [0.2, 0.25) is 0 Å². The van der Waals surface area contributed by atoms with Crippen molar-refractivity contribution in [1.29, 1.82) is 0 Å². The molecule has 1 aliphatic rings. The maximum atomic E-state index is 13.5. The molecule has 2 atom stereocenters. The van der Waals surface area contributed by atoms with Crippen molar-refractivity contribution in [1.82, 2.24) is 9.80 Å². The van der Waals surface area contributed by atoms with E-state index in [9.17, 15) is 14.3 Å². The van der Waals surface area contributed by atoms with Crippen LogP contribution in [0.1, 0.15) is 41.3 Å². The molecule has 202 valence electrons. The molecule has 0 aromatic heterocycles. The third kappa shape index (κ3) is 6.64. The predicted molar refractivity (Wildman–Crippen MR) is 146 cm³/mol. The number of halogens is 1. The summed E-state index contributed by atoms with van der Waals surface area (Å²) in [6, 6.07) is 19.4. The number of aromatic hydroxyl groups is 1. The first-order valence-corrected chi connectivity index (χ1v) is 13.0. The number of phenols is 1. The largest absolute Gasteiger partial charge is 0.504 e. The number of likely N-dealkylation sites (tertiary alicyclic amines) is 1. The maximum Gasteiger partial charge on any atom is 0.253 e. The minimum atomic E-state index is -0.354. The van der Waals surface area contributed by atoms with E-state index < -0.39 is 0 Å². The summed E-state index contributed by atoms with van der Waals surface area (Å²) >= 11 is 0. The molecule has 0 aliphatic carbocycles. The summed E-state index contributed by atoms with van der Waals surface area (Å²) < 4.78 is 24.3. The zero-order valence-electron chi connectivity index (χ0n) is 22.6. The lowest BCUT2D eigenvalue weighted by atomic mass is 9.88. The highest BCUT2D eigenvalue weighted by molar-refractivity contribution is 5.94. The molecule has 1 heterocycles. The molecule has 3 aromatic rings. The Hall–Kier alpha value is -3.58. The fraction of sp³-hybridized carbons (Fsp3) is 0.387. The first kappa shape index (κ1) is 27.5. The molecule has 0 spiro atoms. The van der Waals surface area contributed by atoms with Crippen LogP contribution in [0.4, 0.5) is 4.39 Å². The van der Waals surface area contributed by atoms with Crippen molar-refractivity contribution in [2.24, 2.45) is 11.8 Å². The van der Waals surface area contributed by atoms with Crippen LogP contribution in [0, 0.1) is 17.7 Å². The Balaban J connectivity index is 1.60. The monoisotopic (exact) mass is 520 g/mol. The van der Waals surface area contributed by atoms with E-state index >= 15 is 0 Å². The molecule has 2 unspecified atom stereocenters. The zero-order chi connectivity index (χ0) is 27.2. The van der Waals surface area contributed by atoms with Crippen LogP contribution in [-0.4, -0.2) is 61.2 Å². The van der Waals surface area contributed by atoms with Crippen molar-refractivity contribution in [3.05, 3.63) is 89.2 Å². The van der Waals surface area contributed by atoms with E-state index in [1.807, 2.05) is 29.2 Å². The number of hydrogen-bond acceptors (Lipinski definition) is 5. The van der Waals surface area contributed by atoms with Gasteiger partial charge < -0.3 is 19.5 Å². The predicted octanol–water partition coefficient (Wildman–Crippen LogP) is 5.56. The highest BCUT2D eigenvalue weighted by atomic mass is 19.1. The Morgan fingerprint density at radius 2 is 1.82 bits per heavy atom. The Labute approximate surface area is 224 Å². The second-order valence-electron chi connectivity index (χ2n) is 10.5. The molecule has 0 bridgehead atoms. The van der Waals surface area contributed by atoms with Crippen molar-refractivity contribution in [3.8, 4) is 17.2 Å². The highest BCUT2D eigenvalue weighted by Gasteiger charge is 2.36. The van der Waals surface area contributed by atoms with E-state index in [4.69, 9.17) is 9.47 Å². The Morgan fingerprint density at radius 1 is 1.05 bits per heavy atom. The van der Waals surface area contributed by atoms with E-state index in [1.165, 1.54) is 17.7 Å². The van der Waals surface area contributed by atoms with Gasteiger partial charge in [-0.3, -0.25) is 9.69 Å². The van der Waals surface area contributed by atoms with E-state index in [0.717, 1.165) is 24.4 Å². The van der Waals surface area contributed by atoms with E-state index in [2.05, 4.69) is 30.9 Å². The van der Waals surface area contributed by atoms with Crippen LogP contribution in [0.15, 0.2) is 66.7 Å². The summed E-state index contributed by atoms with van der Waals surface area (Å²) in [4.78, 5) is 17.8. The summed E-state index contributed by atoms with van der Waals surface area (Å²) in [7, 11) is 3.21. The number of phenolic OH excluding ortho intramolecular Hbond substituents is 1. The number of methoxy groups -OCH3 is 2. The molecule has 6 nitrogen and oxygen atoms in total. The number of amides is 1. The van der Waals surface area contributed by atoms with Gasteiger partial charge in [0.1, 0.15) is 11.6 Å². The molecule has 4 rings (SSSR count). The lowest BCUT2D eigenvalue weighted by Gasteiger charge is -2.30. The highest BCUT2D eigenvalue weighted by Crippen LogP contribution is 2.36. The molecule has 7 heteroatoms. The van der Waals surface area contributed by atoms with Gasteiger partial charge in [0.2, 0.25) is 0 Å². The van der Waals surface area contributed by atoms with Gasteiger partial charge in [0, 0.05) is 44.2 Å². The number of carbonyl (C=O) groups is 1. The standard InChI is InChI=1S/C31H37FN2O4/c1-21(2)16-34(31(36)23-9-11-26(32)12-10-23)19-25-18-33(17-22-8-13-29(35)30(14-22)38-4)20-28(25)24-6-5-7-27(15-24)37-3/h5-15,21,25,28,35H,16-20H2,1-4H3. The normalized spacial score (nSPS) is 17.5. The average molecular weight is 521 g/mol. The quantitative estimate of drug-likeness (QED) is 0.379. The summed E-state index contributed by atoms with van der Waals surface area (Å²) in [5, 5.41) is 10.0. The minimum Gasteiger partial charge on any atom is -0.504 e. The van der Waals surface area contributed by atoms with Gasteiger partial charge >= 0.3 is 0 Å². The van der Waals surface area contributed by atoms with Crippen molar-refractivity contribution in [2.45, 2.75) is 26.3 Å². The molecular formula is C31H37FN2O4. The average Bonchev–Trinajstić information content (AvgIpc) is 3.31. The molecule has 38 heavy (non-hydrogen) atoms. The molecule has 1 saturated heterocycles. The van der Waals surface area contributed by atoms with Gasteiger partial charge in [-0.2, -0.15) is 0 Å². The third-order valence-corrected chi connectivity index (χ3v) is 7.11. The second kappa shape index (κ2) is 12.3. The molecule has 0 saturated carbocycles. The summed E-state index contributed by atoms with van der Waals surface area (Å²) in [6.45, 7) is 7.73. The first-order chi connectivity index (χ1) is 18.3. The summed E-state index contributed by atoms with van der Waals surface area (Å²) in [6.07, 6.45) is 0. The minimum absolute atomic E-state index is 0.0789. The molecule has 1 N–H and O–H groups in total. The molecule has 3 aromatic carbocycles. The lowest BCUT2D eigenvalue weighted by molar-refractivity contribution is 0.0703. The lowest BCUT2D eigenvalue weighted by Crippen LogP contribution is -2.39. The molecule has 1 fully saturated rings. The van der Waals surface area contributed by atoms with Gasteiger partial charge in [-0.1, -0.05) is 32.0 Å².